The average molecular weight is 285 g/mol. The van der Waals surface area contributed by atoms with Gasteiger partial charge in [0, 0.05) is 25.7 Å². The molecule has 0 aliphatic carbocycles. The summed E-state index contributed by atoms with van der Waals surface area (Å²) >= 11 is 0. The minimum atomic E-state index is -0.0535. The first-order valence-corrected chi connectivity index (χ1v) is 7.15. The summed E-state index contributed by atoms with van der Waals surface area (Å²) in [5, 5.41) is 11.4. The second-order valence-corrected chi connectivity index (χ2v) is 5.49. The fraction of sp³-hybridized carbons (Fsp3) is 0.400. The molecule has 0 bridgehead atoms. The molecule has 21 heavy (non-hydrogen) atoms. The Bertz CT molecular complexity index is 651. The molecule has 0 radical (unpaired) electrons. The largest absolute Gasteiger partial charge is 0.334 e. The molecule has 1 N–H and O–H groups in total. The Kier molecular flexibility index (Phi) is 3.70. The van der Waals surface area contributed by atoms with Crippen molar-refractivity contribution in [2.24, 2.45) is 0 Å². The summed E-state index contributed by atoms with van der Waals surface area (Å²) in [5.74, 6) is -0.0535. The zero-order valence-corrected chi connectivity index (χ0v) is 12.3. The molecule has 1 fully saturated rings. The minimum Gasteiger partial charge on any atom is -0.334 e. The molecule has 1 atom stereocenters. The van der Waals surface area contributed by atoms with E-state index in [0.29, 0.717) is 24.8 Å². The zero-order chi connectivity index (χ0) is 14.8. The first-order valence-electron chi connectivity index (χ1n) is 7.15. The molecule has 1 aliphatic rings. The average Bonchev–Trinajstić information content (AvgIpc) is 2.96. The molecule has 2 heterocycles. The zero-order valence-electron chi connectivity index (χ0n) is 12.3. The Morgan fingerprint density at radius 1 is 1.43 bits per heavy atom. The van der Waals surface area contributed by atoms with E-state index < -0.39 is 0 Å². The first kappa shape index (κ1) is 13.8. The number of carbonyl (C=O) groups excluding carboxylic acids is 1. The molecule has 110 valence electrons. The van der Waals surface area contributed by atoms with Crippen LogP contribution in [0.25, 0.3) is 5.69 Å². The van der Waals surface area contributed by atoms with E-state index in [1.54, 1.807) is 10.9 Å². The molecule has 1 aliphatic heterocycles. The van der Waals surface area contributed by atoms with Crippen molar-refractivity contribution in [3.05, 3.63) is 41.7 Å². The van der Waals surface area contributed by atoms with E-state index >= 15 is 0 Å². The molecule has 1 unspecified atom stereocenters. The van der Waals surface area contributed by atoms with Gasteiger partial charge in [-0.1, -0.05) is 17.3 Å². The van der Waals surface area contributed by atoms with E-state index in [0.717, 1.165) is 17.8 Å². The van der Waals surface area contributed by atoms with Gasteiger partial charge in [-0.05, 0) is 31.5 Å². The van der Waals surface area contributed by atoms with Crippen molar-refractivity contribution < 1.29 is 4.79 Å². The number of amides is 1. The maximum Gasteiger partial charge on any atom is 0.276 e. The summed E-state index contributed by atoms with van der Waals surface area (Å²) in [5.41, 5.74) is 2.45. The van der Waals surface area contributed by atoms with E-state index in [2.05, 4.69) is 22.6 Å². The fourth-order valence-electron chi connectivity index (χ4n) is 2.54. The second-order valence-electron chi connectivity index (χ2n) is 5.49. The Labute approximate surface area is 123 Å². The van der Waals surface area contributed by atoms with Crippen LogP contribution in [0.3, 0.4) is 0 Å². The number of nitrogens with zero attached hydrogens (tertiary/aromatic N) is 4. The van der Waals surface area contributed by atoms with Crippen LogP contribution in [0.5, 0.6) is 0 Å². The summed E-state index contributed by atoms with van der Waals surface area (Å²) in [6.07, 6.45) is 1.70. The summed E-state index contributed by atoms with van der Waals surface area (Å²) in [7, 11) is 0. The summed E-state index contributed by atoms with van der Waals surface area (Å²) in [4.78, 5) is 14.3. The predicted molar refractivity (Wildman–Crippen MR) is 79.5 cm³/mol. The first-order chi connectivity index (χ1) is 10.1. The second kappa shape index (κ2) is 5.65. The summed E-state index contributed by atoms with van der Waals surface area (Å²) in [6.45, 7) is 6.33. The number of piperazine rings is 1. The number of hydrogen-bond donors (Lipinski definition) is 1. The van der Waals surface area contributed by atoms with Crippen LogP contribution in [0.15, 0.2) is 30.5 Å². The van der Waals surface area contributed by atoms with Crippen molar-refractivity contribution in [3.8, 4) is 5.69 Å². The van der Waals surface area contributed by atoms with Crippen LogP contribution in [0.1, 0.15) is 23.0 Å². The molecule has 1 aromatic carbocycles. The number of rotatable bonds is 2. The van der Waals surface area contributed by atoms with Crippen LogP contribution in [0, 0.1) is 6.92 Å². The van der Waals surface area contributed by atoms with Gasteiger partial charge in [-0.15, -0.1) is 5.10 Å². The third-order valence-corrected chi connectivity index (χ3v) is 3.63. The number of aryl methyl sites for hydroxylation is 1. The van der Waals surface area contributed by atoms with E-state index in [-0.39, 0.29) is 5.91 Å². The van der Waals surface area contributed by atoms with Crippen molar-refractivity contribution in [2.75, 3.05) is 19.6 Å². The van der Waals surface area contributed by atoms with Crippen LogP contribution in [-0.2, 0) is 0 Å². The highest BCUT2D eigenvalue weighted by atomic mass is 16.2. The van der Waals surface area contributed by atoms with E-state index in [4.69, 9.17) is 0 Å². The van der Waals surface area contributed by atoms with E-state index in [9.17, 15) is 4.79 Å². The number of aromatic nitrogens is 3. The van der Waals surface area contributed by atoms with Gasteiger partial charge in [0.25, 0.3) is 5.91 Å². The molecule has 0 saturated carbocycles. The molecule has 3 rings (SSSR count). The molecule has 6 nitrogen and oxygen atoms in total. The summed E-state index contributed by atoms with van der Waals surface area (Å²) < 4.78 is 1.64. The van der Waals surface area contributed by atoms with Crippen molar-refractivity contribution >= 4 is 5.91 Å². The lowest BCUT2D eigenvalue weighted by Crippen LogP contribution is -2.51. The van der Waals surface area contributed by atoms with Gasteiger partial charge in [-0.2, -0.15) is 0 Å². The monoisotopic (exact) mass is 285 g/mol. The van der Waals surface area contributed by atoms with Crippen LogP contribution < -0.4 is 5.32 Å². The van der Waals surface area contributed by atoms with Crippen LogP contribution in [0.2, 0.25) is 0 Å². The molecule has 0 spiro atoms. The van der Waals surface area contributed by atoms with E-state index in [1.807, 2.05) is 36.1 Å². The molecule has 1 saturated heterocycles. The maximum absolute atomic E-state index is 12.4. The quantitative estimate of drug-likeness (QED) is 0.894. The van der Waals surface area contributed by atoms with Crippen LogP contribution >= 0.6 is 0 Å². The third-order valence-electron chi connectivity index (χ3n) is 3.63. The Morgan fingerprint density at radius 3 is 3.05 bits per heavy atom. The number of nitrogens with one attached hydrogen (secondary N) is 1. The Balaban J connectivity index is 1.80. The standard InChI is InChI=1S/C15H19N5O/c1-11-4-3-5-13(8-11)20-10-14(17-18-20)15(21)19-7-6-16-12(2)9-19/h3-5,8,10,12,16H,6-7,9H2,1-2H3. The minimum absolute atomic E-state index is 0.0535. The predicted octanol–water partition coefficient (Wildman–Crippen LogP) is 1.01. The molecular formula is C15H19N5O. The van der Waals surface area contributed by atoms with Gasteiger partial charge >= 0.3 is 0 Å². The van der Waals surface area contributed by atoms with Gasteiger partial charge in [0.1, 0.15) is 0 Å². The maximum atomic E-state index is 12.4. The smallest absolute Gasteiger partial charge is 0.276 e. The molecule has 1 amide bonds. The Hall–Kier alpha value is -2.21. The number of hydrogen-bond acceptors (Lipinski definition) is 4. The Morgan fingerprint density at radius 2 is 2.29 bits per heavy atom. The molecule has 2 aromatic rings. The highest BCUT2D eigenvalue weighted by molar-refractivity contribution is 5.92. The van der Waals surface area contributed by atoms with Crippen molar-refractivity contribution in [1.29, 1.82) is 0 Å². The number of carbonyl (C=O) groups is 1. The van der Waals surface area contributed by atoms with Gasteiger partial charge in [-0.3, -0.25) is 4.79 Å². The van der Waals surface area contributed by atoms with E-state index in [1.165, 1.54) is 0 Å². The highest BCUT2D eigenvalue weighted by Crippen LogP contribution is 2.11. The van der Waals surface area contributed by atoms with Gasteiger partial charge in [-0.25, -0.2) is 4.68 Å². The van der Waals surface area contributed by atoms with Crippen LogP contribution in [-0.4, -0.2) is 51.5 Å². The molecule has 6 heteroatoms. The van der Waals surface area contributed by atoms with Crippen LogP contribution in [0.4, 0.5) is 0 Å². The highest BCUT2D eigenvalue weighted by Gasteiger charge is 2.23. The van der Waals surface area contributed by atoms with Crippen molar-refractivity contribution in [2.45, 2.75) is 19.9 Å². The van der Waals surface area contributed by atoms with Gasteiger partial charge in [0.2, 0.25) is 0 Å². The SMILES string of the molecule is Cc1cccc(-n2cc(C(=O)N3CCNC(C)C3)nn2)c1. The lowest BCUT2D eigenvalue weighted by atomic mass is 10.2. The molecular weight excluding hydrogens is 266 g/mol. The van der Waals surface area contributed by atoms with Crippen molar-refractivity contribution in [3.63, 3.8) is 0 Å². The fourth-order valence-corrected chi connectivity index (χ4v) is 2.54. The lowest BCUT2D eigenvalue weighted by Gasteiger charge is -2.31. The third kappa shape index (κ3) is 2.95. The van der Waals surface area contributed by atoms with Gasteiger partial charge < -0.3 is 10.2 Å². The number of benzene rings is 1. The normalized spacial score (nSPS) is 18.8. The van der Waals surface area contributed by atoms with Gasteiger partial charge in [0.05, 0.1) is 11.9 Å². The molecule has 1 aromatic heterocycles. The van der Waals surface area contributed by atoms with Gasteiger partial charge in [0.15, 0.2) is 5.69 Å². The van der Waals surface area contributed by atoms with Crippen molar-refractivity contribution in [1.82, 2.24) is 25.2 Å². The summed E-state index contributed by atoms with van der Waals surface area (Å²) in [6, 6.07) is 8.26. The topological polar surface area (TPSA) is 63.1 Å². The lowest BCUT2D eigenvalue weighted by molar-refractivity contribution is 0.0703.